The molecule has 0 fully saturated rings. The number of fused-ring (bicyclic) bond motifs is 2. The zero-order valence-corrected chi connectivity index (χ0v) is 21.2. The number of phenols is 6. The van der Waals surface area contributed by atoms with E-state index in [1.807, 2.05) is 0 Å². The first-order valence-corrected chi connectivity index (χ1v) is 12.7. The van der Waals surface area contributed by atoms with Crippen molar-refractivity contribution in [2.45, 2.75) is 36.4 Å². The molecule has 11 nitrogen and oxygen atoms in total. The summed E-state index contributed by atoms with van der Waals surface area (Å²) in [6.45, 7) is 0. The lowest BCUT2D eigenvalue weighted by atomic mass is 9.78. The molecular weight excluding hydrogens is 536 g/mol. The molecule has 11 heteroatoms. The van der Waals surface area contributed by atoms with Gasteiger partial charge in [0.05, 0.1) is 0 Å². The van der Waals surface area contributed by atoms with Gasteiger partial charge < -0.3 is 55.4 Å². The summed E-state index contributed by atoms with van der Waals surface area (Å²) in [6, 6.07) is 15.3. The Morgan fingerprint density at radius 1 is 0.488 bits per heavy atom. The predicted octanol–water partition coefficient (Wildman–Crippen LogP) is 3.07. The maximum atomic E-state index is 11.6. The molecule has 4 aromatic rings. The highest BCUT2D eigenvalue weighted by atomic mass is 16.5. The van der Waals surface area contributed by atoms with Crippen LogP contribution in [0.1, 0.15) is 52.0 Å². The minimum atomic E-state index is -1.60. The fourth-order valence-corrected chi connectivity index (χ4v) is 5.52. The Labute approximate surface area is 232 Å². The maximum absolute atomic E-state index is 11.6. The normalized spacial score (nSPS) is 25.0. The smallest absolute Gasteiger partial charge is 0.201 e. The Kier molecular flexibility index (Phi) is 6.22. The fraction of sp³-hybridized carbons (Fsp3) is 0.200. The minimum Gasteiger partial charge on any atom is -0.508 e. The molecule has 0 amide bonds. The van der Waals surface area contributed by atoms with Crippen LogP contribution in [0, 0.1) is 0 Å². The van der Waals surface area contributed by atoms with Gasteiger partial charge in [-0.1, -0.05) is 30.3 Å². The van der Waals surface area contributed by atoms with Crippen LogP contribution in [0.5, 0.6) is 46.0 Å². The minimum absolute atomic E-state index is 0.0228. The summed E-state index contributed by atoms with van der Waals surface area (Å²) in [7, 11) is 0. The van der Waals surface area contributed by atoms with E-state index < -0.39 is 59.4 Å². The Balaban J connectivity index is 1.49. The third kappa shape index (κ3) is 4.18. The average molecular weight is 563 g/mol. The quantitative estimate of drug-likeness (QED) is 0.166. The first-order valence-electron chi connectivity index (χ1n) is 12.7. The van der Waals surface area contributed by atoms with Gasteiger partial charge in [0.15, 0.2) is 35.2 Å². The van der Waals surface area contributed by atoms with E-state index in [1.54, 1.807) is 0 Å². The topological polar surface area (TPSA) is 201 Å². The molecule has 2 aliphatic rings. The van der Waals surface area contributed by atoms with Gasteiger partial charge in [0.2, 0.25) is 11.5 Å². The van der Waals surface area contributed by atoms with E-state index in [0.717, 1.165) is 0 Å². The number of hydrogen-bond donors (Lipinski definition) is 9. The molecule has 0 aromatic heterocycles. The summed E-state index contributed by atoms with van der Waals surface area (Å²) in [5.41, 5.74) is 0.799. The average Bonchev–Trinajstić information content (AvgIpc) is 2.96. The highest BCUT2D eigenvalue weighted by molar-refractivity contribution is 5.65. The highest BCUT2D eigenvalue weighted by Crippen LogP contribution is 2.57. The molecule has 0 saturated heterocycles. The Bertz CT molecular complexity index is 1620. The van der Waals surface area contributed by atoms with Gasteiger partial charge in [-0.3, -0.25) is 0 Å². The van der Waals surface area contributed by atoms with Gasteiger partial charge in [-0.25, -0.2) is 0 Å². The Morgan fingerprint density at radius 2 is 1.00 bits per heavy atom. The second kappa shape index (κ2) is 9.66. The van der Waals surface area contributed by atoms with Crippen molar-refractivity contribution >= 4 is 0 Å². The van der Waals surface area contributed by atoms with Gasteiger partial charge in [-0.2, -0.15) is 0 Å². The van der Waals surface area contributed by atoms with E-state index in [1.165, 1.54) is 66.7 Å². The van der Waals surface area contributed by atoms with Gasteiger partial charge in [-0.15, -0.1) is 0 Å². The van der Waals surface area contributed by atoms with Crippen LogP contribution >= 0.6 is 0 Å². The first kappa shape index (κ1) is 26.4. The summed E-state index contributed by atoms with van der Waals surface area (Å²) in [6.07, 6.45) is -6.87. The fourth-order valence-electron chi connectivity index (χ4n) is 5.52. The summed E-state index contributed by atoms with van der Waals surface area (Å²) in [5, 5.41) is 96.0. The molecule has 0 saturated carbocycles. The van der Waals surface area contributed by atoms with E-state index in [2.05, 4.69) is 0 Å². The monoisotopic (exact) mass is 562 g/mol. The van der Waals surface area contributed by atoms with Crippen molar-refractivity contribution in [3.8, 4) is 46.0 Å². The van der Waals surface area contributed by atoms with Crippen LogP contribution in [0.25, 0.3) is 0 Å². The van der Waals surface area contributed by atoms with Crippen LogP contribution in [0.4, 0.5) is 0 Å². The lowest BCUT2D eigenvalue weighted by molar-refractivity contribution is -0.0711. The number of ether oxygens (including phenoxy) is 2. The van der Waals surface area contributed by atoms with Crippen molar-refractivity contribution in [2.75, 3.05) is 0 Å². The van der Waals surface area contributed by atoms with Crippen LogP contribution in [-0.4, -0.2) is 58.2 Å². The van der Waals surface area contributed by atoms with E-state index in [-0.39, 0.29) is 39.7 Å². The van der Waals surface area contributed by atoms with Crippen molar-refractivity contribution in [2.24, 2.45) is 0 Å². The summed E-state index contributed by atoms with van der Waals surface area (Å²) >= 11 is 0. The van der Waals surface area contributed by atoms with Crippen molar-refractivity contribution in [1.29, 1.82) is 0 Å². The maximum Gasteiger partial charge on any atom is 0.201 e. The van der Waals surface area contributed by atoms with Crippen LogP contribution in [0.15, 0.2) is 66.7 Å². The number of phenolic OH excluding ortho intramolecular Hbond substituents is 6. The van der Waals surface area contributed by atoms with Gasteiger partial charge in [0.1, 0.15) is 29.8 Å². The molecule has 0 unspecified atom stereocenters. The molecule has 2 aliphatic heterocycles. The van der Waals surface area contributed by atoms with Crippen molar-refractivity contribution < 1.29 is 55.4 Å². The lowest BCUT2D eigenvalue weighted by Crippen LogP contribution is -2.36. The predicted molar refractivity (Wildman–Crippen MR) is 141 cm³/mol. The van der Waals surface area contributed by atoms with Gasteiger partial charge >= 0.3 is 0 Å². The molecule has 2 heterocycles. The zero-order chi connectivity index (χ0) is 29.2. The van der Waals surface area contributed by atoms with Gasteiger partial charge in [-0.05, 0) is 47.5 Å². The summed E-state index contributed by atoms with van der Waals surface area (Å²) in [4.78, 5) is 0. The molecule has 4 aromatic carbocycles. The third-order valence-corrected chi connectivity index (χ3v) is 7.63. The number of hydrogen-bond acceptors (Lipinski definition) is 11. The molecule has 41 heavy (non-hydrogen) atoms. The second-order valence-corrected chi connectivity index (χ2v) is 10.1. The molecule has 6 rings (SSSR count). The SMILES string of the molecule is Oc1ccc([C@H]2Oc3c(cc([C@@H]4c5ccc(O)c(O)c5O[C@@H](c5ccc(O)cc5)[C@@H]4O)c(O)c3O)[C@H](O)[C@H]2O)cc1. The molecule has 212 valence electrons. The van der Waals surface area contributed by atoms with Crippen LogP contribution in [-0.2, 0) is 0 Å². The number of aliphatic hydroxyl groups excluding tert-OH is 3. The van der Waals surface area contributed by atoms with Crippen molar-refractivity contribution in [3.05, 3.63) is 94.5 Å². The largest absolute Gasteiger partial charge is 0.508 e. The van der Waals surface area contributed by atoms with E-state index in [9.17, 15) is 46.0 Å². The Hall–Kier alpha value is -4.84. The zero-order valence-electron chi connectivity index (χ0n) is 21.2. The first-order chi connectivity index (χ1) is 19.6. The van der Waals surface area contributed by atoms with Crippen LogP contribution < -0.4 is 9.47 Å². The van der Waals surface area contributed by atoms with Crippen molar-refractivity contribution in [1.82, 2.24) is 0 Å². The van der Waals surface area contributed by atoms with Gasteiger partial charge in [0, 0.05) is 22.6 Å². The molecule has 0 spiro atoms. The molecule has 0 radical (unpaired) electrons. The third-order valence-electron chi connectivity index (χ3n) is 7.63. The molecular formula is C30H26O11. The standard InChI is InChI=1S/C30H26O11/c31-14-5-1-12(2-6-14)27-24(37)20(16-9-10-19(33)23(36)29(16)40-27)17-11-18-22(35)25(38)28(13-3-7-15(32)8-4-13)41-30(18)26(39)21(17)34/h1-11,20,22,24-25,27-28,31-39H/t20-,22-,24+,25+,27-,28+/m0/s1. The number of rotatable bonds is 3. The van der Waals surface area contributed by atoms with E-state index in [0.29, 0.717) is 11.1 Å². The highest BCUT2D eigenvalue weighted by Gasteiger charge is 2.45. The number of aliphatic hydroxyl groups is 3. The van der Waals surface area contributed by atoms with Gasteiger partial charge in [0.25, 0.3) is 0 Å². The molecule has 0 bridgehead atoms. The summed E-state index contributed by atoms with van der Waals surface area (Å²) in [5.74, 6) is -4.25. The van der Waals surface area contributed by atoms with E-state index in [4.69, 9.17) is 9.47 Å². The van der Waals surface area contributed by atoms with Crippen molar-refractivity contribution in [3.63, 3.8) is 0 Å². The number of aromatic hydroxyl groups is 6. The molecule has 9 N–H and O–H groups in total. The van der Waals surface area contributed by atoms with Crippen LogP contribution in [0.3, 0.4) is 0 Å². The van der Waals surface area contributed by atoms with E-state index >= 15 is 0 Å². The molecule has 6 atom stereocenters. The lowest BCUT2D eigenvalue weighted by Gasteiger charge is -2.39. The number of benzene rings is 4. The van der Waals surface area contributed by atoms with Crippen LogP contribution in [0.2, 0.25) is 0 Å². The molecule has 0 aliphatic carbocycles. The second-order valence-electron chi connectivity index (χ2n) is 10.1. The summed E-state index contributed by atoms with van der Waals surface area (Å²) < 4.78 is 11.7. The Morgan fingerprint density at radius 3 is 1.56 bits per heavy atom.